The molecule has 0 aromatic rings. The lowest BCUT2D eigenvalue weighted by Gasteiger charge is -2.12. The van der Waals surface area contributed by atoms with E-state index < -0.39 is 0 Å². The highest BCUT2D eigenvalue weighted by molar-refractivity contribution is 5.85. The summed E-state index contributed by atoms with van der Waals surface area (Å²) in [4.78, 5) is 26.0. The predicted octanol–water partition coefficient (Wildman–Crippen LogP) is -0.159. The van der Waals surface area contributed by atoms with E-state index in [9.17, 15) is 9.59 Å². The molecule has 0 aromatic heterocycles. The topological polar surface area (TPSA) is 46.6 Å². The van der Waals surface area contributed by atoms with E-state index in [1.165, 1.54) is 7.11 Å². The highest BCUT2D eigenvalue weighted by Gasteiger charge is 2.44. The van der Waals surface area contributed by atoms with Crippen LogP contribution in [0.4, 0.5) is 0 Å². The Balaban J connectivity index is 2.38. The van der Waals surface area contributed by atoms with Crippen molar-refractivity contribution in [1.29, 1.82) is 0 Å². The van der Waals surface area contributed by atoms with Gasteiger partial charge in [0.1, 0.15) is 6.29 Å². The van der Waals surface area contributed by atoms with Crippen LogP contribution in [0.2, 0.25) is 0 Å². The summed E-state index contributed by atoms with van der Waals surface area (Å²) in [6.07, 6.45) is 1.50. The lowest BCUT2D eigenvalue weighted by molar-refractivity contribution is -0.170. The first-order valence-electron chi connectivity index (χ1n) is 3.47. The van der Waals surface area contributed by atoms with E-state index in [1.54, 1.807) is 7.05 Å². The Morgan fingerprint density at radius 3 is 2.73 bits per heavy atom. The average Bonchev–Trinajstić information content (AvgIpc) is 2.80. The van der Waals surface area contributed by atoms with Gasteiger partial charge < -0.3 is 4.79 Å². The summed E-state index contributed by atoms with van der Waals surface area (Å²) in [5.41, 5.74) is 0. The van der Waals surface area contributed by atoms with Crippen LogP contribution in [0.3, 0.4) is 0 Å². The van der Waals surface area contributed by atoms with Crippen LogP contribution in [-0.2, 0) is 14.4 Å². The standard InChI is InChI=1S/C7H11NO3/c1-8(11-2)7(10)6-3-5(6)4-9/h4-6H,3H2,1-2H3. The molecule has 0 heterocycles. The monoisotopic (exact) mass is 157 g/mol. The Kier molecular flexibility index (Phi) is 2.24. The van der Waals surface area contributed by atoms with Crippen LogP contribution in [0.15, 0.2) is 0 Å². The summed E-state index contributed by atoms with van der Waals surface area (Å²) in [6.45, 7) is 0. The molecule has 11 heavy (non-hydrogen) atoms. The van der Waals surface area contributed by atoms with Gasteiger partial charge >= 0.3 is 0 Å². The number of hydrogen-bond donors (Lipinski definition) is 0. The second kappa shape index (κ2) is 3.00. The molecule has 0 bridgehead atoms. The van der Waals surface area contributed by atoms with E-state index in [0.29, 0.717) is 6.42 Å². The number of hydroxylamine groups is 2. The molecular weight excluding hydrogens is 146 g/mol. The van der Waals surface area contributed by atoms with Gasteiger partial charge in [-0.05, 0) is 6.42 Å². The Bertz CT molecular complexity index is 181. The third-order valence-corrected chi connectivity index (χ3v) is 1.92. The van der Waals surface area contributed by atoms with E-state index in [4.69, 9.17) is 0 Å². The lowest BCUT2D eigenvalue weighted by Crippen LogP contribution is -2.27. The quantitative estimate of drug-likeness (QED) is 0.422. The van der Waals surface area contributed by atoms with Gasteiger partial charge in [-0.25, -0.2) is 5.06 Å². The molecule has 1 fully saturated rings. The zero-order valence-electron chi connectivity index (χ0n) is 6.61. The SMILES string of the molecule is CON(C)C(=O)C1CC1C=O. The maximum atomic E-state index is 11.1. The number of amides is 1. The van der Waals surface area contributed by atoms with Crippen LogP contribution in [-0.4, -0.2) is 31.4 Å². The molecule has 0 aromatic carbocycles. The van der Waals surface area contributed by atoms with Crippen LogP contribution >= 0.6 is 0 Å². The molecule has 62 valence electrons. The second-order valence-corrected chi connectivity index (χ2v) is 2.66. The molecule has 0 radical (unpaired) electrons. The Labute approximate surface area is 65.1 Å². The Hall–Kier alpha value is -0.900. The Morgan fingerprint density at radius 1 is 1.73 bits per heavy atom. The molecule has 1 rings (SSSR count). The van der Waals surface area contributed by atoms with Crippen molar-refractivity contribution in [1.82, 2.24) is 5.06 Å². The molecule has 0 aliphatic heterocycles. The number of aldehydes is 1. The number of nitrogens with zero attached hydrogens (tertiary/aromatic N) is 1. The van der Waals surface area contributed by atoms with Crippen molar-refractivity contribution in [2.24, 2.45) is 11.8 Å². The fraction of sp³-hybridized carbons (Fsp3) is 0.714. The Morgan fingerprint density at radius 2 is 2.36 bits per heavy atom. The molecule has 2 unspecified atom stereocenters. The van der Waals surface area contributed by atoms with Gasteiger partial charge in [-0.1, -0.05) is 0 Å². The van der Waals surface area contributed by atoms with Crippen molar-refractivity contribution in [2.45, 2.75) is 6.42 Å². The minimum absolute atomic E-state index is 0.0694. The predicted molar refractivity (Wildman–Crippen MR) is 37.4 cm³/mol. The van der Waals surface area contributed by atoms with Crippen LogP contribution in [0.1, 0.15) is 6.42 Å². The molecule has 4 nitrogen and oxygen atoms in total. The lowest BCUT2D eigenvalue weighted by atomic mass is 10.3. The molecule has 2 atom stereocenters. The van der Waals surface area contributed by atoms with Crippen molar-refractivity contribution in [3.63, 3.8) is 0 Å². The van der Waals surface area contributed by atoms with Crippen molar-refractivity contribution >= 4 is 12.2 Å². The van der Waals surface area contributed by atoms with Crippen molar-refractivity contribution in [3.05, 3.63) is 0 Å². The molecule has 4 heteroatoms. The van der Waals surface area contributed by atoms with Crippen LogP contribution in [0.5, 0.6) is 0 Å². The van der Waals surface area contributed by atoms with E-state index in [-0.39, 0.29) is 17.7 Å². The van der Waals surface area contributed by atoms with Crippen LogP contribution in [0.25, 0.3) is 0 Å². The van der Waals surface area contributed by atoms with Gasteiger partial charge in [-0.15, -0.1) is 0 Å². The molecule has 1 aliphatic carbocycles. The third-order valence-electron chi connectivity index (χ3n) is 1.92. The first-order chi connectivity index (χ1) is 5.20. The minimum Gasteiger partial charge on any atom is -0.303 e. The van der Waals surface area contributed by atoms with Gasteiger partial charge in [0.05, 0.1) is 13.0 Å². The van der Waals surface area contributed by atoms with Crippen molar-refractivity contribution < 1.29 is 14.4 Å². The van der Waals surface area contributed by atoms with Crippen LogP contribution in [0, 0.1) is 11.8 Å². The van der Waals surface area contributed by atoms with Crippen molar-refractivity contribution in [2.75, 3.05) is 14.2 Å². The maximum absolute atomic E-state index is 11.1. The molecule has 1 saturated carbocycles. The average molecular weight is 157 g/mol. The van der Waals surface area contributed by atoms with E-state index in [0.717, 1.165) is 11.3 Å². The molecule has 0 spiro atoms. The second-order valence-electron chi connectivity index (χ2n) is 2.66. The van der Waals surface area contributed by atoms with Gasteiger partial charge in [-0.3, -0.25) is 9.63 Å². The smallest absolute Gasteiger partial charge is 0.249 e. The van der Waals surface area contributed by atoms with E-state index in [2.05, 4.69) is 4.84 Å². The fourth-order valence-corrected chi connectivity index (χ4v) is 0.972. The summed E-state index contributed by atoms with van der Waals surface area (Å²) in [5, 5.41) is 1.16. The molecular formula is C7H11NO3. The third kappa shape index (κ3) is 1.57. The highest BCUT2D eigenvalue weighted by atomic mass is 16.7. The van der Waals surface area contributed by atoms with Gasteiger partial charge in [0.2, 0.25) is 5.91 Å². The highest BCUT2D eigenvalue weighted by Crippen LogP contribution is 2.37. The van der Waals surface area contributed by atoms with E-state index in [1.807, 2.05) is 0 Å². The summed E-state index contributed by atoms with van der Waals surface area (Å²) < 4.78 is 0. The molecule has 1 amide bonds. The molecule has 1 aliphatic rings. The summed E-state index contributed by atoms with van der Waals surface area (Å²) in [5.74, 6) is -0.304. The maximum Gasteiger partial charge on any atom is 0.249 e. The number of rotatable bonds is 3. The molecule has 0 N–H and O–H groups in total. The zero-order chi connectivity index (χ0) is 8.43. The van der Waals surface area contributed by atoms with Crippen molar-refractivity contribution in [3.8, 4) is 0 Å². The zero-order valence-corrected chi connectivity index (χ0v) is 6.61. The first kappa shape index (κ1) is 8.20. The van der Waals surface area contributed by atoms with Gasteiger partial charge in [0.15, 0.2) is 0 Å². The van der Waals surface area contributed by atoms with Crippen LogP contribution < -0.4 is 0 Å². The van der Waals surface area contributed by atoms with Gasteiger partial charge in [0, 0.05) is 13.0 Å². The summed E-state index contributed by atoms with van der Waals surface area (Å²) >= 11 is 0. The summed E-state index contributed by atoms with van der Waals surface area (Å²) in [6, 6.07) is 0. The first-order valence-corrected chi connectivity index (χ1v) is 3.47. The summed E-state index contributed by atoms with van der Waals surface area (Å²) in [7, 11) is 2.97. The van der Waals surface area contributed by atoms with Gasteiger partial charge in [-0.2, -0.15) is 0 Å². The molecule has 0 saturated heterocycles. The fourth-order valence-electron chi connectivity index (χ4n) is 0.972. The number of carbonyl (C=O) groups is 2. The largest absolute Gasteiger partial charge is 0.303 e. The minimum atomic E-state index is -0.127. The van der Waals surface area contributed by atoms with E-state index >= 15 is 0 Å². The normalized spacial score (nSPS) is 27.8. The number of hydrogen-bond acceptors (Lipinski definition) is 3. The van der Waals surface area contributed by atoms with Gasteiger partial charge in [0.25, 0.3) is 0 Å². The number of carbonyl (C=O) groups excluding carboxylic acids is 2.